The van der Waals surface area contributed by atoms with E-state index in [1.165, 1.54) is 0 Å². The van der Waals surface area contributed by atoms with E-state index in [-0.39, 0.29) is 11.5 Å². The minimum Gasteiger partial charge on any atom is -0.393 e. The molecule has 0 bridgehead atoms. The molecule has 0 fully saturated rings. The molecular formula is C29H26N6. The van der Waals surface area contributed by atoms with Gasteiger partial charge in [0.25, 0.3) is 0 Å². The Morgan fingerprint density at radius 2 is 1.20 bits per heavy atom. The van der Waals surface area contributed by atoms with Crippen molar-refractivity contribution in [3.8, 4) is 11.1 Å². The van der Waals surface area contributed by atoms with Crippen LogP contribution in [0.2, 0.25) is 0 Å². The van der Waals surface area contributed by atoms with Crippen LogP contribution in [-0.4, -0.2) is 5.84 Å². The van der Waals surface area contributed by atoms with Crippen LogP contribution in [0.1, 0.15) is 11.1 Å². The highest BCUT2D eigenvalue weighted by Gasteiger charge is 2.30. The Labute approximate surface area is 204 Å². The van der Waals surface area contributed by atoms with Crippen LogP contribution in [0.4, 0.5) is 11.4 Å². The van der Waals surface area contributed by atoms with Crippen LogP contribution in [0.25, 0.3) is 23.3 Å². The third-order valence-corrected chi connectivity index (χ3v) is 5.80. The zero-order valence-corrected chi connectivity index (χ0v) is 19.1. The van der Waals surface area contributed by atoms with Gasteiger partial charge in [0.2, 0.25) is 0 Å². The Bertz CT molecular complexity index is 1420. The van der Waals surface area contributed by atoms with Crippen molar-refractivity contribution in [2.24, 2.45) is 22.3 Å². The van der Waals surface area contributed by atoms with Crippen molar-refractivity contribution in [2.75, 3.05) is 10.1 Å². The number of amidine groups is 1. The quantitative estimate of drug-likeness (QED) is 0.361. The maximum absolute atomic E-state index is 6.59. The molecule has 0 amide bonds. The maximum atomic E-state index is 6.59. The molecule has 0 aliphatic carbocycles. The standard InChI is InChI=1S/C29H26N6/c30-27-28(31)33-35(25-17-9-7-15-23(25)20-19-21-11-3-1-4-12-21)34(29(27)32)26-18-10-8-16-24(26)22-13-5-2-6-14-22/h1-20H,30,32H2,(H2,31,33). The predicted octanol–water partition coefficient (Wildman–Crippen LogP) is 5.12. The van der Waals surface area contributed by atoms with Crippen molar-refractivity contribution in [3.05, 3.63) is 132 Å². The Balaban J connectivity index is 1.65. The number of hydrazone groups is 1. The van der Waals surface area contributed by atoms with Crippen molar-refractivity contribution < 1.29 is 0 Å². The number of nitrogens with zero attached hydrogens (tertiary/aromatic N) is 3. The van der Waals surface area contributed by atoms with E-state index in [1.807, 2.05) is 83.9 Å². The largest absolute Gasteiger partial charge is 0.393 e. The zero-order valence-electron chi connectivity index (χ0n) is 19.1. The number of rotatable bonds is 5. The second-order valence-electron chi connectivity index (χ2n) is 8.07. The summed E-state index contributed by atoms with van der Waals surface area (Å²) < 4.78 is 0. The first kappa shape index (κ1) is 21.9. The Morgan fingerprint density at radius 1 is 0.600 bits per heavy atom. The third kappa shape index (κ3) is 4.32. The number of hydrogen-bond donors (Lipinski definition) is 3. The van der Waals surface area contributed by atoms with Crippen molar-refractivity contribution >= 4 is 29.4 Å². The van der Waals surface area contributed by atoms with Gasteiger partial charge in [0.1, 0.15) is 5.70 Å². The molecule has 4 aromatic carbocycles. The Kier molecular flexibility index (Phi) is 5.92. The molecule has 1 aliphatic heterocycles. The Hall–Kier alpha value is -4.97. The predicted molar refractivity (Wildman–Crippen MR) is 146 cm³/mol. The van der Waals surface area contributed by atoms with Crippen LogP contribution in [0, 0.1) is 0 Å². The van der Waals surface area contributed by atoms with Gasteiger partial charge in [-0.15, -0.1) is 5.10 Å². The van der Waals surface area contributed by atoms with Crippen LogP contribution in [0.5, 0.6) is 0 Å². The lowest BCUT2D eigenvalue weighted by atomic mass is 10.0. The van der Waals surface area contributed by atoms with Crippen molar-refractivity contribution in [1.29, 1.82) is 0 Å². The third-order valence-electron chi connectivity index (χ3n) is 5.80. The zero-order chi connectivity index (χ0) is 24.2. The molecule has 5 rings (SSSR count). The fourth-order valence-electron chi connectivity index (χ4n) is 4.02. The molecule has 0 atom stereocenters. The molecule has 35 heavy (non-hydrogen) atoms. The normalized spacial score (nSPS) is 13.9. The van der Waals surface area contributed by atoms with Crippen LogP contribution in [-0.2, 0) is 0 Å². The summed E-state index contributed by atoms with van der Waals surface area (Å²) in [6, 6.07) is 36.2. The van der Waals surface area contributed by atoms with Gasteiger partial charge >= 0.3 is 0 Å². The fraction of sp³-hybridized carbons (Fsp3) is 0. The lowest BCUT2D eigenvalue weighted by Crippen LogP contribution is -2.50. The van der Waals surface area contributed by atoms with Crippen molar-refractivity contribution in [1.82, 2.24) is 0 Å². The molecule has 0 aromatic heterocycles. The number of para-hydroxylation sites is 2. The average molecular weight is 459 g/mol. The lowest BCUT2D eigenvalue weighted by Gasteiger charge is -2.39. The highest BCUT2D eigenvalue weighted by atomic mass is 15.8. The van der Waals surface area contributed by atoms with Gasteiger partial charge < -0.3 is 17.2 Å². The van der Waals surface area contributed by atoms with E-state index in [4.69, 9.17) is 17.2 Å². The molecule has 1 aliphatic rings. The lowest BCUT2D eigenvalue weighted by molar-refractivity contribution is 0.790. The first-order valence-electron chi connectivity index (χ1n) is 11.3. The number of hydrazine groups is 1. The Morgan fingerprint density at radius 3 is 1.94 bits per heavy atom. The number of hydrogen-bond acceptors (Lipinski definition) is 6. The van der Waals surface area contributed by atoms with Crippen LogP contribution >= 0.6 is 0 Å². The molecule has 0 spiro atoms. The van der Waals surface area contributed by atoms with Gasteiger partial charge in [-0.3, -0.25) is 0 Å². The molecule has 172 valence electrons. The van der Waals surface area contributed by atoms with Gasteiger partial charge in [0, 0.05) is 11.1 Å². The van der Waals surface area contributed by atoms with Crippen LogP contribution in [0.3, 0.4) is 0 Å². The molecule has 0 radical (unpaired) electrons. The SMILES string of the molecule is NC1=NN(c2ccccc2C=Cc2ccccc2)N(c2ccccc2-c2ccccc2)C(N)=C1N. The molecular weight excluding hydrogens is 432 g/mol. The summed E-state index contributed by atoms with van der Waals surface area (Å²) >= 11 is 0. The smallest absolute Gasteiger partial charge is 0.173 e. The van der Waals surface area contributed by atoms with E-state index < -0.39 is 0 Å². The molecule has 6 N–H and O–H groups in total. The monoisotopic (exact) mass is 458 g/mol. The highest BCUT2D eigenvalue weighted by Crippen LogP contribution is 2.37. The van der Waals surface area contributed by atoms with Gasteiger partial charge in [-0.05, 0) is 23.3 Å². The molecule has 4 aromatic rings. The summed E-state index contributed by atoms with van der Waals surface area (Å²) in [7, 11) is 0. The second-order valence-corrected chi connectivity index (χ2v) is 8.07. The van der Waals surface area contributed by atoms with E-state index in [0.29, 0.717) is 5.82 Å². The fourth-order valence-corrected chi connectivity index (χ4v) is 4.02. The van der Waals surface area contributed by atoms with E-state index in [0.717, 1.165) is 33.6 Å². The molecule has 6 heteroatoms. The van der Waals surface area contributed by atoms with Crippen LogP contribution < -0.4 is 27.3 Å². The average Bonchev–Trinajstić information content (AvgIpc) is 2.92. The molecule has 0 saturated carbocycles. The van der Waals surface area contributed by atoms with Crippen LogP contribution in [0.15, 0.2) is 126 Å². The summed E-state index contributed by atoms with van der Waals surface area (Å²) in [4.78, 5) is 0. The topological polar surface area (TPSA) is 96.9 Å². The first-order chi connectivity index (χ1) is 17.1. The summed E-state index contributed by atoms with van der Waals surface area (Å²) in [5, 5.41) is 8.17. The van der Waals surface area contributed by atoms with Crippen molar-refractivity contribution in [3.63, 3.8) is 0 Å². The number of benzene rings is 4. The number of anilines is 2. The highest BCUT2D eigenvalue weighted by molar-refractivity contribution is 6.00. The van der Waals surface area contributed by atoms with E-state index >= 15 is 0 Å². The van der Waals surface area contributed by atoms with E-state index in [1.54, 1.807) is 5.12 Å². The molecule has 1 heterocycles. The van der Waals surface area contributed by atoms with Gasteiger partial charge in [-0.2, -0.15) is 5.12 Å². The minimum atomic E-state index is 0.165. The van der Waals surface area contributed by atoms with Gasteiger partial charge in [-0.25, -0.2) is 5.01 Å². The summed E-state index contributed by atoms with van der Waals surface area (Å²) in [6.45, 7) is 0. The summed E-state index contributed by atoms with van der Waals surface area (Å²) in [6.07, 6.45) is 4.11. The summed E-state index contributed by atoms with van der Waals surface area (Å²) in [5.74, 6) is 0.473. The summed E-state index contributed by atoms with van der Waals surface area (Å²) in [5.41, 5.74) is 25.0. The number of nitrogens with two attached hydrogens (primary N) is 3. The molecule has 0 unspecified atom stereocenters. The first-order valence-corrected chi connectivity index (χ1v) is 11.3. The minimum absolute atomic E-state index is 0.165. The van der Waals surface area contributed by atoms with Crippen molar-refractivity contribution in [2.45, 2.75) is 0 Å². The van der Waals surface area contributed by atoms with E-state index in [2.05, 4.69) is 47.6 Å². The second kappa shape index (κ2) is 9.49. The van der Waals surface area contributed by atoms with Gasteiger partial charge in [0.15, 0.2) is 11.7 Å². The maximum Gasteiger partial charge on any atom is 0.173 e. The molecule has 6 nitrogen and oxygen atoms in total. The van der Waals surface area contributed by atoms with Gasteiger partial charge in [-0.1, -0.05) is 109 Å². The van der Waals surface area contributed by atoms with E-state index in [9.17, 15) is 0 Å². The molecule has 0 saturated heterocycles. The van der Waals surface area contributed by atoms with Gasteiger partial charge in [0.05, 0.1) is 11.4 Å².